The predicted octanol–water partition coefficient (Wildman–Crippen LogP) is 1.58. The van der Waals surface area contributed by atoms with E-state index in [1.54, 1.807) is 0 Å². The Morgan fingerprint density at radius 3 is 2.58 bits per heavy atom. The number of likely N-dealkylation sites (tertiary alicyclic amines) is 2. The first-order chi connectivity index (χ1) is 16.1. The van der Waals surface area contributed by atoms with Crippen molar-refractivity contribution < 1.29 is 9.63 Å². The van der Waals surface area contributed by atoms with Gasteiger partial charge in [-0.25, -0.2) is 0 Å². The number of hydrogen-bond donors (Lipinski definition) is 4. The number of primary amides is 1. The van der Waals surface area contributed by atoms with Gasteiger partial charge in [0.25, 0.3) is 0 Å². The van der Waals surface area contributed by atoms with E-state index < -0.39 is 0 Å². The zero-order valence-electron chi connectivity index (χ0n) is 20.5. The van der Waals surface area contributed by atoms with Gasteiger partial charge < -0.3 is 11.1 Å². The molecule has 5 N–H and O–H groups in total. The average molecular weight is 463 g/mol. The maximum absolute atomic E-state index is 11.5. The van der Waals surface area contributed by atoms with Crippen molar-refractivity contribution in [3.63, 3.8) is 0 Å². The van der Waals surface area contributed by atoms with Crippen LogP contribution in [0.15, 0.2) is 0 Å². The van der Waals surface area contributed by atoms with E-state index in [2.05, 4.69) is 32.8 Å². The van der Waals surface area contributed by atoms with Crippen LogP contribution in [0, 0.1) is 23.7 Å². The van der Waals surface area contributed by atoms with Crippen LogP contribution >= 0.6 is 0 Å². The molecule has 4 aliphatic heterocycles. The molecule has 188 valence electrons. The second kappa shape index (κ2) is 10.9. The number of nitrogens with two attached hydrogens (primary N) is 1. The number of hydrogen-bond acceptors (Lipinski definition) is 7. The number of amides is 1. The lowest BCUT2D eigenvalue weighted by atomic mass is 9.82. The molecule has 5 aliphatic rings. The number of nitrogens with zero attached hydrogens (tertiary/aromatic N) is 2. The Balaban J connectivity index is 1.10. The van der Waals surface area contributed by atoms with Crippen LogP contribution < -0.4 is 21.8 Å². The molecule has 1 saturated carbocycles. The largest absolute Gasteiger partial charge is 0.369 e. The second-order valence-corrected chi connectivity index (χ2v) is 11.6. The Bertz CT molecular complexity index is 649. The van der Waals surface area contributed by atoms with Crippen LogP contribution in [0.5, 0.6) is 0 Å². The summed E-state index contributed by atoms with van der Waals surface area (Å²) in [6.07, 6.45) is 12.9. The van der Waals surface area contributed by atoms with Crippen molar-refractivity contribution in [2.45, 2.75) is 95.7 Å². The molecule has 1 amide bonds. The molecule has 0 aromatic rings. The van der Waals surface area contributed by atoms with Gasteiger partial charge in [0.2, 0.25) is 5.91 Å². The van der Waals surface area contributed by atoms with Gasteiger partial charge in [0.1, 0.15) is 6.23 Å². The molecule has 0 aromatic heterocycles. The molecular formula is C25H46N6O2. The minimum Gasteiger partial charge on any atom is -0.369 e. The molecule has 5 rings (SSSR count). The van der Waals surface area contributed by atoms with Gasteiger partial charge in [-0.2, -0.15) is 5.48 Å². The van der Waals surface area contributed by atoms with Crippen molar-refractivity contribution in [1.82, 2.24) is 25.9 Å². The monoisotopic (exact) mass is 462 g/mol. The molecule has 4 heterocycles. The van der Waals surface area contributed by atoms with Crippen molar-refractivity contribution in [3.8, 4) is 0 Å². The Morgan fingerprint density at radius 2 is 1.82 bits per heavy atom. The molecule has 0 bridgehead atoms. The molecule has 5 fully saturated rings. The normalized spacial score (nSPS) is 42.0. The van der Waals surface area contributed by atoms with Crippen molar-refractivity contribution in [2.24, 2.45) is 29.4 Å². The first-order valence-corrected chi connectivity index (χ1v) is 13.7. The molecule has 0 aromatic carbocycles. The van der Waals surface area contributed by atoms with Gasteiger partial charge in [0, 0.05) is 25.6 Å². The van der Waals surface area contributed by atoms with Crippen LogP contribution in [0.2, 0.25) is 0 Å². The van der Waals surface area contributed by atoms with Crippen LogP contribution in [-0.2, 0) is 9.63 Å². The summed E-state index contributed by atoms with van der Waals surface area (Å²) in [6.45, 7) is 7.83. The van der Waals surface area contributed by atoms with E-state index in [0.29, 0.717) is 18.1 Å². The Hall–Kier alpha value is -0.770. The molecule has 0 spiro atoms. The number of hydroxylamine groups is 1. The van der Waals surface area contributed by atoms with Gasteiger partial charge >= 0.3 is 0 Å². The van der Waals surface area contributed by atoms with E-state index in [9.17, 15) is 4.79 Å². The van der Waals surface area contributed by atoms with E-state index >= 15 is 0 Å². The highest BCUT2D eigenvalue weighted by molar-refractivity contribution is 5.76. The average Bonchev–Trinajstić information content (AvgIpc) is 3.50. The standard InChI is InChI=1S/C25H46N6O2/c1-17-4-6-18(7-5-17)16-31-12-2-3-21(31)25-28-24(29-33-25)20-8-11-27-22(15-20)30-13-9-19(10-14-30)23(26)32/h17-22,24-25,27-29H,2-16H2,1H3,(H2,26,32)/t17?,18?,20?,21-,22?,24?,25?/m0/s1. The smallest absolute Gasteiger partial charge is 0.220 e. The zero-order chi connectivity index (χ0) is 22.8. The van der Waals surface area contributed by atoms with E-state index in [1.807, 2.05) is 0 Å². The lowest BCUT2D eigenvalue weighted by Gasteiger charge is -2.42. The maximum Gasteiger partial charge on any atom is 0.220 e. The van der Waals surface area contributed by atoms with Gasteiger partial charge in [-0.15, -0.1) is 0 Å². The fourth-order valence-corrected chi connectivity index (χ4v) is 7.08. The predicted molar refractivity (Wildman–Crippen MR) is 129 cm³/mol. The number of carbonyl (C=O) groups excluding carboxylic acids is 1. The van der Waals surface area contributed by atoms with Gasteiger partial charge in [-0.3, -0.25) is 24.7 Å². The van der Waals surface area contributed by atoms with Gasteiger partial charge in [0.05, 0.1) is 18.4 Å². The highest BCUT2D eigenvalue weighted by atomic mass is 16.7. The summed E-state index contributed by atoms with van der Waals surface area (Å²) in [5.41, 5.74) is 8.90. The fourth-order valence-electron chi connectivity index (χ4n) is 7.08. The van der Waals surface area contributed by atoms with Gasteiger partial charge in [-0.1, -0.05) is 19.8 Å². The summed E-state index contributed by atoms with van der Waals surface area (Å²) in [5.74, 6) is 2.26. The zero-order valence-corrected chi connectivity index (χ0v) is 20.5. The summed E-state index contributed by atoms with van der Waals surface area (Å²) in [4.78, 5) is 22.9. The summed E-state index contributed by atoms with van der Waals surface area (Å²) in [7, 11) is 0. The second-order valence-electron chi connectivity index (χ2n) is 11.6. The molecular weight excluding hydrogens is 416 g/mol. The lowest BCUT2D eigenvalue weighted by Crippen LogP contribution is -2.57. The van der Waals surface area contributed by atoms with E-state index in [4.69, 9.17) is 10.6 Å². The molecule has 4 saturated heterocycles. The first kappa shape index (κ1) is 23.9. The molecule has 0 radical (unpaired) electrons. The Kier molecular flexibility index (Phi) is 7.89. The molecule has 4 unspecified atom stereocenters. The first-order valence-electron chi connectivity index (χ1n) is 13.7. The molecule has 8 nitrogen and oxygen atoms in total. The topological polar surface area (TPSA) is 94.9 Å². The number of piperidine rings is 2. The summed E-state index contributed by atoms with van der Waals surface area (Å²) >= 11 is 0. The quantitative estimate of drug-likeness (QED) is 0.476. The minimum atomic E-state index is -0.134. The highest BCUT2D eigenvalue weighted by Crippen LogP contribution is 2.33. The Morgan fingerprint density at radius 1 is 1.03 bits per heavy atom. The van der Waals surface area contributed by atoms with Crippen LogP contribution in [0.4, 0.5) is 0 Å². The molecule has 5 atom stereocenters. The third-order valence-corrected chi connectivity index (χ3v) is 9.32. The molecule has 33 heavy (non-hydrogen) atoms. The van der Waals surface area contributed by atoms with Gasteiger partial charge in [0.15, 0.2) is 0 Å². The van der Waals surface area contributed by atoms with E-state index in [-0.39, 0.29) is 24.2 Å². The van der Waals surface area contributed by atoms with Crippen LogP contribution in [0.1, 0.15) is 71.1 Å². The van der Waals surface area contributed by atoms with Crippen LogP contribution in [0.25, 0.3) is 0 Å². The van der Waals surface area contributed by atoms with Crippen molar-refractivity contribution in [1.29, 1.82) is 0 Å². The third kappa shape index (κ3) is 5.73. The SMILES string of the molecule is CC1CCC(CN2CCC[C@H]2C2NC(C3CCNC(N4CCC(C(N)=O)CC4)C3)NO2)CC1. The van der Waals surface area contributed by atoms with Crippen LogP contribution in [0.3, 0.4) is 0 Å². The fraction of sp³-hybridized carbons (Fsp3) is 0.960. The van der Waals surface area contributed by atoms with Crippen LogP contribution in [-0.4, -0.2) is 73.0 Å². The maximum atomic E-state index is 11.5. The van der Waals surface area contributed by atoms with Crippen molar-refractivity contribution in [2.75, 3.05) is 32.7 Å². The summed E-state index contributed by atoms with van der Waals surface area (Å²) in [5, 5.41) is 7.55. The summed E-state index contributed by atoms with van der Waals surface area (Å²) < 4.78 is 0. The molecule has 1 aliphatic carbocycles. The lowest BCUT2D eigenvalue weighted by molar-refractivity contribution is -0.123. The van der Waals surface area contributed by atoms with Crippen molar-refractivity contribution in [3.05, 3.63) is 0 Å². The molecule has 8 heteroatoms. The van der Waals surface area contributed by atoms with Crippen molar-refractivity contribution >= 4 is 5.91 Å². The van der Waals surface area contributed by atoms with Gasteiger partial charge in [-0.05, 0) is 82.2 Å². The number of carbonyl (C=O) groups is 1. The summed E-state index contributed by atoms with van der Waals surface area (Å²) in [6, 6.07) is 0.493. The third-order valence-electron chi connectivity index (χ3n) is 9.32. The Labute approximate surface area is 199 Å². The number of nitrogens with one attached hydrogen (secondary N) is 3. The van der Waals surface area contributed by atoms with E-state index in [0.717, 1.165) is 57.2 Å². The minimum absolute atomic E-state index is 0.0549. The highest BCUT2D eigenvalue weighted by Gasteiger charge is 2.42. The number of rotatable bonds is 6. The van der Waals surface area contributed by atoms with E-state index in [1.165, 1.54) is 51.6 Å².